The minimum atomic E-state index is 0.346. The molecule has 2 N–H and O–H groups in total. The van der Waals surface area contributed by atoms with Gasteiger partial charge in [0.1, 0.15) is 0 Å². The molecule has 1 aromatic heterocycles. The van der Waals surface area contributed by atoms with E-state index < -0.39 is 0 Å². The number of ether oxygens (including phenoxy) is 1. The number of anilines is 2. The second-order valence-electron chi connectivity index (χ2n) is 6.14. The molecular formula is C14H25N5O. The highest BCUT2D eigenvalue weighted by molar-refractivity contribution is 5.36. The van der Waals surface area contributed by atoms with E-state index in [1.807, 2.05) is 0 Å². The van der Waals surface area contributed by atoms with Crippen molar-refractivity contribution in [3.8, 4) is 6.01 Å². The van der Waals surface area contributed by atoms with Crippen LogP contribution in [-0.2, 0) is 0 Å². The van der Waals surface area contributed by atoms with Crippen LogP contribution in [-0.4, -0.2) is 34.6 Å². The number of nitrogens with one attached hydrogen (secondary N) is 2. The maximum atomic E-state index is 5.14. The summed E-state index contributed by atoms with van der Waals surface area (Å²) in [4.78, 5) is 12.9. The first-order valence-corrected chi connectivity index (χ1v) is 7.33. The van der Waals surface area contributed by atoms with E-state index in [-0.39, 0.29) is 0 Å². The Hall–Kier alpha value is -1.59. The van der Waals surface area contributed by atoms with Gasteiger partial charge in [-0.2, -0.15) is 15.0 Å². The average molecular weight is 279 g/mol. The predicted octanol–water partition coefficient (Wildman–Crippen LogP) is 2.69. The first-order chi connectivity index (χ1) is 9.52. The van der Waals surface area contributed by atoms with Crippen molar-refractivity contribution in [2.45, 2.75) is 52.5 Å². The molecule has 112 valence electrons. The third kappa shape index (κ3) is 3.95. The lowest BCUT2D eigenvalue weighted by Crippen LogP contribution is -2.20. The van der Waals surface area contributed by atoms with Crippen molar-refractivity contribution >= 4 is 11.9 Å². The molecule has 6 heteroatoms. The largest absolute Gasteiger partial charge is 0.467 e. The van der Waals surface area contributed by atoms with Crippen molar-refractivity contribution in [2.75, 3.05) is 24.3 Å². The Morgan fingerprint density at radius 2 is 2.00 bits per heavy atom. The lowest BCUT2D eigenvalue weighted by atomic mass is 9.92. The van der Waals surface area contributed by atoms with Gasteiger partial charge in [0, 0.05) is 12.6 Å². The molecule has 2 rings (SSSR count). The smallest absolute Gasteiger partial charge is 0.322 e. The van der Waals surface area contributed by atoms with E-state index in [0.717, 1.165) is 25.8 Å². The molecule has 1 unspecified atom stereocenters. The molecule has 0 radical (unpaired) electrons. The molecular weight excluding hydrogens is 254 g/mol. The highest BCUT2D eigenvalue weighted by Crippen LogP contribution is 2.38. The normalized spacial score (nSPS) is 20.7. The predicted molar refractivity (Wildman–Crippen MR) is 80.2 cm³/mol. The Morgan fingerprint density at radius 3 is 2.60 bits per heavy atom. The van der Waals surface area contributed by atoms with Crippen molar-refractivity contribution in [2.24, 2.45) is 5.41 Å². The van der Waals surface area contributed by atoms with Crippen LogP contribution in [0.5, 0.6) is 6.01 Å². The summed E-state index contributed by atoms with van der Waals surface area (Å²) in [5, 5.41) is 6.57. The van der Waals surface area contributed by atoms with Gasteiger partial charge in [-0.15, -0.1) is 0 Å². The van der Waals surface area contributed by atoms with Crippen LogP contribution in [0.15, 0.2) is 0 Å². The van der Waals surface area contributed by atoms with E-state index in [4.69, 9.17) is 4.74 Å². The van der Waals surface area contributed by atoms with Crippen LogP contribution in [0.4, 0.5) is 11.9 Å². The zero-order chi connectivity index (χ0) is 14.6. The molecule has 20 heavy (non-hydrogen) atoms. The van der Waals surface area contributed by atoms with Gasteiger partial charge in [-0.1, -0.05) is 20.8 Å². The summed E-state index contributed by atoms with van der Waals surface area (Å²) in [5.41, 5.74) is 0.401. The Labute approximate surface area is 120 Å². The van der Waals surface area contributed by atoms with E-state index in [0.29, 0.717) is 29.4 Å². The van der Waals surface area contributed by atoms with Crippen molar-refractivity contribution in [1.82, 2.24) is 15.0 Å². The van der Waals surface area contributed by atoms with E-state index in [9.17, 15) is 0 Å². The summed E-state index contributed by atoms with van der Waals surface area (Å²) in [5.74, 6) is 1.16. The van der Waals surface area contributed by atoms with E-state index in [2.05, 4.69) is 46.4 Å². The second-order valence-corrected chi connectivity index (χ2v) is 6.14. The van der Waals surface area contributed by atoms with Gasteiger partial charge in [0.2, 0.25) is 11.9 Å². The van der Waals surface area contributed by atoms with Gasteiger partial charge in [-0.3, -0.25) is 0 Å². The average Bonchev–Trinajstić information content (AvgIpc) is 2.75. The summed E-state index contributed by atoms with van der Waals surface area (Å²) >= 11 is 0. The first-order valence-electron chi connectivity index (χ1n) is 7.33. The van der Waals surface area contributed by atoms with Crippen molar-refractivity contribution in [1.29, 1.82) is 0 Å². The number of hydrogen-bond donors (Lipinski definition) is 2. The number of nitrogens with zero attached hydrogens (tertiary/aromatic N) is 3. The topological polar surface area (TPSA) is 72.0 Å². The van der Waals surface area contributed by atoms with Crippen LogP contribution >= 0.6 is 0 Å². The van der Waals surface area contributed by atoms with Crippen LogP contribution in [0.25, 0.3) is 0 Å². The standard InChI is InChI=1S/C14H25N5O/c1-5-8-15-11-17-12(19-13(18-11)20-4)16-10-6-7-14(2,3)9-10/h10H,5-9H2,1-4H3,(H2,15,16,17,18,19). The van der Waals surface area contributed by atoms with Gasteiger partial charge in [0.25, 0.3) is 0 Å². The van der Waals surface area contributed by atoms with Gasteiger partial charge in [-0.05, 0) is 31.1 Å². The Kier molecular flexibility index (Phi) is 4.62. The fourth-order valence-electron chi connectivity index (χ4n) is 2.57. The summed E-state index contributed by atoms with van der Waals surface area (Å²) < 4.78 is 5.14. The first kappa shape index (κ1) is 14.8. The monoisotopic (exact) mass is 279 g/mol. The number of hydrogen-bond acceptors (Lipinski definition) is 6. The molecule has 0 saturated heterocycles. The Morgan fingerprint density at radius 1 is 1.25 bits per heavy atom. The number of methoxy groups -OCH3 is 1. The fraction of sp³-hybridized carbons (Fsp3) is 0.786. The summed E-state index contributed by atoms with van der Waals surface area (Å²) in [7, 11) is 1.57. The van der Waals surface area contributed by atoms with Gasteiger partial charge in [0.05, 0.1) is 7.11 Å². The van der Waals surface area contributed by atoms with Crippen LogP contribution < -0.4 is 15.4 Å². The second kappa shape index (κ2) is 6.24. The molecule has 1 saturated carbocycles. The summed E-state index contributed by atoms with van der Waals surface area (Å²) in [6.07, 6.45) is 4.54. The van der Waals surface area contributed by atoms with Crippen LogP contribution in [0.3, 0.4) is 0 Å². The molecule has 1 heterocycles. The van der Waals surface area contributed by atoms with Crippen LogP contribution in [0.2, 0.25) is 0 Å². The molecule has 6 nitrogen and oxygen atoms in total. The van der Waals surface area contributed by atoms with E-state index in [1.165, 1.54) is 6.42 Å². The molecule has 1 atom stereocenters. The van der Waals surface area contributed by atoms with Gasteiger partial charge >= 0.3 is 6.01 Å². The van der Waals surface area contributed by atoms with Crippen LogP contribution in [0, 0.1) is 5.41 Å². The molecule has 1 fully saturated rings. The van der Waals surface area contributed by atoms with E-state index >= 15 is 0 Å². The van der Waals surface area contributed by atoms with E-state index in [1.54, 1.807) is 7.11 Å². The quantitative estimate of drug-likeness (QED) is 0.834. The zero-order valence-corrected chi connectivity index (χ0v) is 12.9. The van der Waals surface area contributed by atoms with Crippen molar-refractivity contribution in [3.63, 3.8) is 0 Å². The van der Waals surface area contributed by atoms with Crippen molar-refractivity contribution in [3.05, 3.63) is 0 Å². The summed E-state index contributed by atoms with van der Waals surface area (Å²) in [6, 6.07) is 0.773. The number of aromatic nitrogens is 3. The molecule has 0 amide bonds. The highest BCUT2D eigenvalue weighted by Gasteiger charge is 2.31. The third-order valence-electron chi connectivity index (χ3n) is 3.63. The minimum Gasteiger partial charge on any atom is -0.467 e. The molecule has 0 bridgehead atoms. The fourth-order valence-corrected chi connectivity index (χ4v) is 2.57. The maximum absolute atomic E-state index is 5.14. The molecule has 1 aliphatic rings. The molecule has 1 aliphatic carbocycles. The number of rotatable bonds is 6. The molecule has 1 aromatic rings. The third-order valence-corrected chi connectivity index (χ3v) is 3.63. The Bertz CT molecular complexity index is 449. The molecule has 0 aromatic carbocycles. The zero-order valence-electron chi connectivity index (χ0n) is 12.9. The minimum absolute atomic E-state index is 0.346. The lowest BCUT2D eigenvalue weighted by Gasteiger charge is -2.18. The van der Waals surface area contributed by atoms with Gasteiger partial charge < -0.3 is 15.4 Å². The molecule has 0 aliphatic heterocycles. The summed E-state index contributed by atoms with van der Waals surface area (Å²) in [6.45, 7) is 7.54. The van der Waals surface area contributed by atoms with Crippen LogP contribution in [0.1, 0.15) is 46.5 Å². The maximum Gasteiger partial charge on any atom is 0.322 e. The SMILES string of the molecule is CCCNc1nc(NC2CCC(C)(C)C2)nc(OC)n1. The molecule has 0 spiro atoms. The highest BCUT2D eigenvalue weighted by atomic mass is 16.5. The Balaban J connectivity index is 2.06. The van der Waals surface area contributed by atoms with Crippen molar-refractivity contribution < 1.29 is 4.74 Å². The van der Waals surface area contributed by atoms with Gasteiger partial charge in [-0.25, -0.2) is 0 Å². The lowest BCUT2D eigenvalue weighted by molar-refractivity contribution is 0.376. The van der Waals surface area contributed by atoms with Gasteiger partial charge in [0.15, 0.2) is 0 Å².